The molecule has 9 heteroatoms. The standard InChI is InChI=1S/C20H24Cl2F2N4O/c1-11-17(13-4-3-5-14(21)16(13)22)27-15(10-29)18(26-11)28-8-6-20(7-9-28,12(2)25)19(23)24/h3-5,12,19,29H,6-10,25H2,1-2H3/t12-/m0/s1. The van der Waals surface area contributed by atoms with Gasteiger partial charge in [-0.1, -0.05) is 35.3 Å². The van der Waals surface area contributed by atoms with Crippen LogP contribution in [0, 0.1) is 12.3 Å². The van der Waals surface area contributed by atoms with Gasteiger partial charge in [0.25, 0.3) is 0 Å². The van der Waals surface area contributed by atoms with Crippen molar-refractivity contribution in [3.05, 3.63) is 39.6 Å². The third-order valence-electron chi connectivity index (χ3n) is 5.81. The Labute approximate surface area is 178 Å². The van der Waals surface area contributed by atoms with Gasteiger partial charge in [-0.25, -0.2) is 18.7 Å². The highest BCUT2D eigenvalue weighted by Gasteiger charge is 2.46. The van der Waals surface area contributed by atoms with Crippen LogP contribution in [0.3, 0.4) is 0 Å². The number of piperidine rings is 1. The predicted octanol–water partition coefficient (Wildman–Crippen LogP) is 4.45. The Morgan fingerprint density at radius 3 is 2.45 bits per heavy atom. The lowest BCUT2D eigenvalue weighted by Crippen LogP contribution is -2.52. The SMILES string of the molecule is Cc1nc(N2CCC(C(F)F)([C@H](C)N)CC2)c(CO)nc1-c1cccc(Cl)c1Cl. The third-order valence-corrected chi connectivity index (χ3v) is 6.63. The van der Waals surface area contributed by atoms with Crippen LogP contribution in [0.4, 0.5) is 14.6 Å². The molecule has 0 radical (unpaired) electrons. The third kappa shape index (κ3) is 4.06. The number of rotatable bonds is 5. The van der Waals surface area contributed by atoms with Gasteiger partial charge in [-0.3, -0.25) is 0 Å². The molecule has 2 aromatic rings. The van der Waals surface area contributed by atoms with Crippen molar-refractivity contribution in [2.45, 2.75) is 45.8 Å². The summed E-state index contributed by atoms with van der Waals surface area (Å²) in [5.41, 5.74) is 6.81. The number of hydrogen-bond donors (Lipinski definition) is 2. The van der Waals surface area contributed by atoms with Gasteiger partial charge in [-0.05, 0) is 32.8 Å². The summed E-state index contributed by atoms with van der Waals surface area (Å²) >= 11 is 12.4. The molecule has 2 heterocycles. The molecule has 1 fully saturated rings. The van der Waals surface area contributed by atoms with Crippen molar-refractivity contribution in [3.63, 3.8) is 0 Å². The fraction of sp³-hybridized carbons (Fsp3) is 0.500. The highest BCUT2D eigenvalue weighted by atomic mass is 35.5. The maximum Gasteiger partial charge on any atom is 0.245 e. The van der Waals surface area contributed by atoms with Crippen molar-refractivity contribution in [3.8, 4) is 11.3 Å². The van der Waals surface area contributed by atoms with Crippen LogP contribution in [-0.2, 0) is 6.61 Å². The first kappa shape index (κ1) is 22.2. The van der Waals surface area contributed by atoms with Crippen LogP contribution in [0.2, 0.25) is 10.0 Å². The number of hydrogen-bond acceptors (Lipinski definition) is 5. The summed E-state index contributed by atoms with van der Waals surface area (Å²) in [5, 5.41) is 10.6. The molecule has 3 rings (SSSR count). The molecule has 1 saturated heterocycles. The summed E-state index contributed by atoms with van der Waals surface area (Å²) in [6.07, 6.45) is -1.99. The number of alkyl halides is 2. The van der Waals surface area contributed by atoms with Crippen molar-refractivity contribution in [1.29, 1.82) is 0 Å². The normalized spacial score (nSPS) is 17.6. The molecule has 158 valence electrons. The van der Waals surface area contributed by atoms with E-state index in [-0.39, 0.29) is 19.4 Å². The smallest absolute Gasteiger partial charge is 0.245 e. The summed E-state index contributed by atoms with van der Waals surface area (Å²) in [6.45, 7) is 3.82. The Hall–Kier alpha value is -1.54. The summed E-state index contributed by atoms with van der Waals surface area (Å²) in [7, 11) is 0. The molecule has 1 aromatic carbocycles. The van der Waals surface area contributed by atoms with E-state index in [2.05, 4.69) is 9.97 Å². The van der Waals surface area contributed by atoms with Crippen molar-refractivity contribution in [2.75, 3.05) is 18.0 Å². The van der Waals surface area contributed by atoms with Gasteiger partial charge in [0, 0.05) is 30.1 Å². The van der Waals surface area contributed by atoms with Gasteiger partial charge in [0.05, 0.1) is 28.0 Å². The molecule has 0 saturated carbocycles. The molecule has 3 N–H and O–H groups in total. The zero-order valence-corrected chi connectivity index (χ0v) is 17.8. The lowest BCUT2D eigenvalue weighted by atomic mass is 9.73. The summed E-state index contributed by atoms with van der Waals surface area (Å²) < 4.78 is 27.4. The van der Waals surface area contributed by atoms with Gasteiger partial charge in [0.15, 0.2) is 5.82 Å². The second-order valence-electron chi connectivity index (χ2n) is 7.50. The Bertz CT molecular complexity index is 877. The zero-order valence-electron chi connectivity index (χ0n) is 16.3. The van der Waals surface area contributed by atoms with Crippen molar-refractivity contribution in [2.24, 2.45) is 11.1 Å². The molecule has 5 nitrogen and oxygen atoms in total. The van der Waals surface area contributed by atoms with E-state index in [0.717, 1.165) is 0 Å². The van der Waals surface area contributed by atoms with Crippen LogP contribution < -0.4 is 10.6 Å². The number of nitrogens with zero attached hydrogens (tertiary/aromatic N) is 3. The van der Waals surface area contributed by atoms with Crippen LogP contribution in [-0.4, -0.2) is 40.6 Å². The average molecular weight is 445 g/mol. The monoisotopic (exact) mass is 444 g/mol. The molecule has 0 unspecified atom stereocenters. The molecule has 1 aliphatic heterocycles. The van der Waals surface area contributed by atoms with Gasteiger partial charge >= 0.3 is 0 Å². The van der Waals surface area contributed by atoms with Gasteiger partial charge in [0.2, 0.25) is 6.43 Å². The van der Waals surface area contributed by atoms with E-state index in [9.17, 15) is 13.9 Å². The minimum Gasteiger partial charge on any atom is -0.390 e. The summed E-state index contributed by atoms with van der Waals surface area (Å²) in [6, 6.07) is 4.62. The molecular formula is C20H24Cl2F2N4O. The van der Waals surface area contributed by atoms with Crippen molar-refractivity contribution < 1.29 is 13.9 Å². The second kappa shape index (κ2) is 8.68. The van der Waals surface area contributed by atoms with Crippen molar-refractivity contribution >= 4 is 29.0 Å². The number of aliphatic hydroxyl groups excluding tert-OH is 1. The summed E-state index contributed by atoms with van der Waals surface area (Å²) in [4.78, 5) is 11.1. The maximum absolute atomic E-state index is 13.7. The van der Waals surface area contributed by atoms with Crippen LogP contribution in [0.5, 0.6) is 0 Å². The second-order valence-corrected chi connectivity index (χ2v) is 8.28. The lowest BCUT2D eigenvalue weighted by molar-refractivity contribution is -0.0365. The highest BCUT2D eigenvalue weighted by Crippen LogP contribution is 2.41. The van der Waals surface area contributed by atoms with E-state index in [1.807, 2.05) is 4.90 Å². The van der Waals surface area contributed by atoms with Gasteiger partial charge < -0.3 is 15.7 Å². The largest absolute Gasteiger partial charge is 0.390 e. The van der Waals surface area contributed by atoms with E-state index in [0.29, 0.717) is 51.6 Å². The van der Waals surface area contributed by atoms with Crippen LogP contribution in [0.1, 0.15) is 31.2 Å². The number of halogens is 4. The topological polar surface area (TPSA) is 75.3 Å². The molecule has 0 amide bonds. The minimum atomic E-state index is -2.48. The molecule has 1 aromatic heterocycles. The van der Waals surface area contributed by atoms with Gasteiger partial charge in [0.1, 0.15) is 5.69 Å². The molecule has 29 heavy (non-hydrogen) atoms. The molecule has 0 spiro atoms. The Kier molecular flexibility index (Phi) is 6.63. The fourth-order valence-corrected chi connectivity index (χ4v) is 4.24. The number of anilines is 1. The van der Waals surface area contributed by atoms with Gasteiger partial charge in [-0.2, -0.15) is 0 Å². The van der Waals surface area contributed by atoms with E-state index in [4.69, 9.17) is 28.9 Å². The number of aromatic nitrogens is 2. The minimum absolute atomic E-state index is 0.246. The maximum atomic E-state index is 13.7. The van der Waals surface area contributed by atoms with Crippen LogP contribution >= 0.6 is 23.2 Å². The molecule has 1 atom stereocenters. The first-order chi connectivity index (χ1) is 13.7. The predicted molar refractivity (Wildman–Crippen MR) is 112 cm³/mol. The van der Waals surface area contributed by atoms with E-state index in [1.54, 1.807) is 32.0 Å². The fourth-order valence-electron chi connectivity index (χ4n) is 3.85. The quantitative estimate of drug-likeness (QED) is 0.712. The zero-order chi connectivity index (χ0) is 21.3. The molecular weight excluding hydrogens is 421 g/mol. The Balaban J connectivity index is 1.94. The van der Waals surface area contributed by atoms with E-state index < -0.39 is 17.9 Å². The van der Waals surface area contributed by atoms with E-state index >= 15 is 0 Å². The van der Waals surface area contributed by atoms with Crippen LogP contribution in [0.15, 0.2) is 18.2 Å². The Morgan fingerprint density at radius 2 is 1.90 bits per heavy atom. The lowest BCUT2D eigenvalue weighted by Gasteiger charge is -2.44. The highest BCUT2D eigenvalue weighted by molar-refractivity contribution is 6.43. The summed E-state index contributed by atoms with van der Waals surface area (Å²) in [5.74, 6) is 0.499. The average Bonchev–Trinajstić information content (AvgIpc) is 2.70. The van der Waals surface area contributed by atoms with Crippen LogP contribution in [0.25, 0.3) is 11.3 Å². The number of aliphatic hydroxyl groups is 1. The first-order valence-corrected chi connectivity index (χ1v) is 10.2. The Morgan fingerprint density at radius 1 is 1.24 bits per heavy atom. The van der Waals surface area contributed by atoms with E-state index in [1.165, 1.54) is 0 Å². The number of aryl methyl sites for hydroxylation is 1. The molecule has 0 aliphatic carbocycles. The number of benzene rings is 1. The molecule has 0 bridgehead atoms. The first-order valence-electron chi connectivity index (χ1n) is 9.42. The van der Waals surface area contributed by atoms with Crippen molar-refractivity contribution in [1.82, 2.24) is 9.97 Å². The molecule has 1 aliphatic rings. The number of nitrogens with two attached hydrogens (primary N) is 1. The van der Waals surface area contributed by atoms with Gasteiger partial charge in [-0.15, -0.1) is 0 Å².